The summed E-state index contributed by atoms with van der Waals surface area (Å²) in [7, 11) is -4.38. The third-order valence-corrected chi connectivity index (χ3v) is 10.2. The molecule has 0 rings (SSSR count). The molecule has 0 aromatic heterocycles. The van der Waals surface area contributed by atoms with E-state index in [1.54, 1.807) is 0 Å². The quantitative estimate of drug-likeness (QED) is 0.0268. The lowest BCUT2D eigenvalue weighted by molar-refractivity contribution is -0.161. The third kappa shape index (κ3) is 41.4. The van der Waals surface area contributed by atoms with E-state index in [0.717, 1.165) is 70.6 Å². The van der Waals surface area contributed by atoms with Crippen LogP contribution in [0.15, 0.2) is 48.6 Å². The third-order valence-electron chi connectivity index (χ3n) is 9.19. The number of unbranched alkanes of at least 4 members (excludes halogenated alkanes) is 20. The Balaban J connectivity index is 4.19. The van der Waals surface area contributed by atoms with Crippen molar-refractivity contribution < 1.29 is 37.6 Å². The van der Waals surface area contributed by atoms with Crippen molar-refractivity contribution in [3.05, 3.63) is 48.6 Å². The van der Waals surface area contributed by atoms with Gasteiger partial charge < -0.3 is 20.1 Å². The second-order valence-electron chi connectivity index (χ2n) is 14.6. The topological polar surface area (TPSA) is 134 Å². The molecule has 0 aliphatic heterocycles. The molecular weight excluding hydrogens is 713 g/mol. The predicted molar refractivity (Wildman–Crippen MR) is 229 cm³/mol. The van der Waals surface area contributed by atoms with Gasteiger partial charge in [-0.15, -0.1) is 0 Å². The summed E-state index contributed by atoms with van der Waals surface area (Å²) in [5.41, 5.74) is 5.35. The molecule has 0 aliphatic rings. The number of phosphoric ester groups is 1. The zero-order chi connectivity index (χ0) is 40.3. The van der Waals surface area contributed by atoms with Crippen LogP contribution in [0.4, 0.5) is 0 Å². The standard InChI is InChI=1S/C45H82NO8P/c1-3-5-7-9-11-13-15-17-19-21-23-25-27-29-31-33-35-37-44(47)51-41-43(42-53-55(49,50)52-40-39-46)54-45(48)38-36-34-32-30-28-26-24-22-20-18-16-14-12-10-8-6-4-2/h12,14,17-20,24,26,43H,3-11,13,15-16,21-23,25,27-42,46H2,1-2H3,(H,49,50)/b14-12-,19-17-,20-18-,26-24-/t43-/m1/s1. The Morgan fingerprint density at radius 3 is 1.45 bits per heavy atom. The van der Waals surface area contributed by atoms with Crippen molar-refractivity contribution in [3.8, 4) is 0 Å². The fourth-order valence-corrected chi connectivity index (χ4v) is 6.64. The van der Waals surface area contributed by atoms with Crippen LogP contribution in [0.2, 0.25) is 0 Å². The Morgan fingerprint density at radius 2 is 0.945 bits per heavy atom. The minimum atomic E-state index is -4.38. The first-order valence-electron chi connectivity index (χ1n) is 22.1. The smallest absolute Gasteiger partial charge is 0.462 e. The number of carbonyl (C=O) groups excluding carboxylic acids is 2. The van der Waals surface area contributed by atoms with Gasteiger partial charge >= 0.3 is 19.8 Å². The molecular formula is C45H82NO8P. The van der Waals surface area contributed by atoms with Crippen LogP contribution in [0.25, 0.3) is 0 Å². The van der Waals surface area contributed by atoms with Crippen LogP contribution in [0.3, 0.4) is 0 Å². The molecule has 0 aliphatic carbocycles. The average Bonchev–Trinajstić information content (AvgIpc) is 3.17. The minimum absolute atomic E-state index is 0.0475. The van der Waals surface area contributed by atoms with Crippen LogP contribution in [-0.4, -0.2) is 49.3 Å². The summed E-state index contributed by atoms with van der Waals surface area (Å²) in [6.07, 6.45) is 47.1. The van der Waals surface area contributed by atoms with E-state index in [1.165, 1.54) is 89.9 Å². The first-order chi connectivity index (χ1) is 26.8. The van der Waals surface area contributed by atoms with E-state index in [2.05, 4.69) is 62.5 Å². The van der Waals surface area contributed by atoms with Gasteiger partial charge in [0.2, 0.25) is 0 Å². The summed E-state index contributed by atoms with van der Waals surface area (Å²) in [6.45, 7) is 3.67. The van der Waals surface area contributed by atoms with E-state index in [1.807, 2.05) is 0 Å². The molecule has 1 unspecified atom stereocenters. The zero-order valence-corrected chi connectivity index (χ0v) is 36.0. The number of allylic oxidation sites excluding steroid dienone is 8. The molecule has 10 heteroatoms. The Bertz CT molecular complexity index is 1040. The van der Waals surface area contributed by atoms with Crippen LogP contribution in [0.5, 0.6) is 0 Å². The lowest BCUT2D eigenvalue weighted by atomic mass is 10.1. The van der Waals surface area contributed by atoms with E-state index < -0.39 is 32.5 Å². The van der Waals surface area contributed by atoms with Crippen LogP contribution >= 0.6 is 7.82 Å². The van der Waals surface area contributed by atoms with E-state index in [9.17, 15) is 19.0 Å². The fourth-order valence-electron chi connectivity index (χ4n) is 5.87. The maximum absolute atomic E-state index is 12.6. The van der Waals surface area contributed by atoms with Crippen molar-refractivity contribution in [1.29, 1.82) is 0 Å². The van der Waals surface area contributed by atoms with Crippen LogP contribution < -0.4 is 5.73 Å². The van der Waals surface area contributed by atoms with Gasteiger partial charge in [0, 0.05) is 19.4 Å². The number of hydrogen-bond acceptors (Lipinski definition) is 8. The van der Waals surface area contributed by atoms with Gasteiger partial charge in [-0.1, -0.05) is 152 Å². The molecule has 0 saturated heterocycles. The second kappa shape index (κ2) is 41.6. The lowest BCUT2D eigenvalue weighted by Crippen LogP contribution is -2.29. The van der Waals surface area contributed by atoms with Gasteiger partial charge in [0.1, 0.15) is 6.61 Å². The molecule has 9 nitrogen and oxygen atoms in total. The number of rotatable bonds is 41. The van der Waals surface area contributed by atoms with E-state index in [-0.39, 0.29) is 32.6 Å². The maximum atomic E-state index is 12.6. The molecule has 0 aromatic carbocycles. The summed E-state index contributed by atoms with van der Waals surface area (Å²) < 4.78 is 32.8. The van der Waals surface area contributed by atoms with Crippen molar-refractivity contribution in [3.63, 3.8) is 0 Å². The van der Waals surface area contributed by atoms with Gasteiger partial charge in [0.25, 0.3) is 0 Å². The summed E-state index contributed by atoms with van der Waals surface area (Å²) >= 11 is 0. The molecule has 55 heavy (non-hydrogen) atoms. The monoisotopic (exact) mass is 796 g/mol. The van der Waals surface area contributed by atoms with Crippen molar-refractivity contribution >= 4 is 19.8 Å². The molecule has 0 spiro atoms. The number of nitrogens with two attached hydrogens (primary N) is 1. The van der Waals surface area contributed by atoms with Crippen molar-refractivity contribution in [2.75, 3.05) is 26.4 Å². The van der Waals surface area contributed by atoms with E-state index >= 15 is 0 Å². The number of carbonyl (C=O) groups is 2. The molecule has 2 atom stereocenters. The molecule has 320 valence electrons. The highest BCUT2D eigenvalue weighted by Gasteiger charge is 2.26. The van der Waals surface area contributed by atoms with Gasteiger partial charge in [-0.2, -0.15) is 0 Å². The summed E-state index contributed by atoms with van der Waals surface area (Å²) in [6, 6.07) is 0. The van der Waals surface area contributed by atoms with Gasteiger partial charge in [-0.05, 0) is 77.0 Å². The van der Waals surface area contributed by atoms with Gasteiger partial charge in [0.15, 0.2) is 6.10 Å². The Hall–Kier alpha value is -2.03. The highest BCUT2D eigenvalue weighted by Crippen LogP contribution is 2.43. The van der Waals surface area contributed by atoms with Crippen LogP contribution in [-0.2, 0) is 32.7 Å². The highest BCUT2D eigenvalue weighted by atomic mass is 31.2. The molecule has 0 amide bonds. The lowest BCUT2D eigenvalue weighted by Gasteiger charge is -2.19. The molecule has 0 radical (unpaired) electrons. The first-order valence-corrected chi connectivity index (χ1v) is 23.6. The normalized spacial score (nSPS) is 13.7. The largest absolute Gasteiger partial charge is 0.472 e. The Labute approximate surface area is 336 Å². The highest BCUT2D eigenvalue weighted by molar-refractivity contribution is 7.47. The van der Waals surface area contributed by atoms with Gasteiger partial charge in [-0.25, -0.2) is 4.57 Å². The zero-order valence-electron chi connectivity index (χ0n) is 35.2. The summed E-state index contributed by atoms with van der Waals surface area (Å²) in [5, 5.41) is 0. The number of hydrogen-bond donors (Lipinski definition) is 2. The molecule has 0 heterocycles. The van der Waals surface area contributed by atoms with E-state index in [4.69, 9.17) is 24.3 Å². The first kappa shape index (κ1) is 53.0. The Morgan fingerprint density at radius 1 is 0.545 bits per heavy atom. The van der Waals surface area contributed by atoms with Gasteiger partial charge in [0.05, 0.1) is 13.2 Å². The van der Waals surface area contributed by atoms with Crippen LogP contribution in [0, 0.1) is 0 Å². The fraction of sp³-hybridized carbons (Fsp3) is 0.778. The predicted octanol–water partition coefficient (Wildman–Crippen LogP) is 12.7. The van der Waals surface area contributed by atoms with Crippen molar-refractivity contribution in [2.45, 2.75) is 200 Å². The molecule has 0 fully saturated rings. The van der Waals surface area contributed by atoms with Gasteiger partial charge in [-0.3, -0.25) is 18.6 Å². The minimum Gasteiger partial charge on any atom is -0.462 e. The number of phosphoric acid groups is 1. The molecule has 0 aromatic rings. The Kier molecular flexibility index (Phi) is 40.1. The summed E-state index contributed by atoms with van der Waals surface area (Å²) in [4.78, 5) is 34.9. The summed E-state index contributed by atoms with van der Waals surface area (Å²) in [5.74, 6) is -0.859. The molecule has 0 bridgehead atoms. The van der Waals surface area contributed by atoms with E-state index in [0.29, 0.717) is 6.42 Å². The average molecular weight is 796 g/mol. The van der Waals surface area contributed by atoms with Crippen LogP contribution in [0.1, 0.15) is 194 Å². The van der Waals surface area contributed by atoms with Crippen molar-refractivity contribution in [2.24, 2.45) is 5.73 Å². The molecule has 3 N–H and O–H groups in total. The SMILES string of the molecule is CCCCC/C=C\C/C=C\C/C=C\CCCCCCC(=O)O[C@H](COC(=O)CCCCCCCCC/C=C\CCCCCCCC)COP(=O)(O)OCCN. The number of esters is 2. The van der Waals surface area contributed by atoms with Crippen molar-refractivity contribution in [1.82, 2.24) is 0 Å². The number of ether oxygens (including phenoxy) is 2. The maximum Gasteiger partial charge on any atom is 0.472 e. The molecule has 0 saturated carbocycles. The second-order valence-corrected chi connectivity index (χ2v) is 16.0.